The molecule has 1 aromatic carbocycles. The maximum atomic E-state index is 11.9. The number of hydrogen-bond donors (Lipinski definition) is 2. The molecule has 126 valence electrons. The van der Waals surface area contributed by atoms with Crippen LogP contribution in [0.2, 0.25) is 0 Å². The van der Waals surface area contributed by atoms with Crippen LogP contribution in [0.25, 0.3) is 10.6 Å². The summed E-state index contributed by atoms with van der Waals surface area (Å²) in [5.74, 6) is -1.39. The number of benzene rings is 1. The van der Waals surface area contributed by atoms with Gasteiger partial charge in [0.15, 0.2) is 0 Å². The van der Waals surface area contributed by atoms with Crippen molar-refractivity contribution in [2.75, 3.05) is 19.5 Å². The van der Waals surface area contributed by atoms with Crippen molar-refractivity contribution < 1.29 is 24.2 Å². The number of para-hydroxylation sites is 1. The highest BCUT2D eigenvalue weighted by Crippen LogP contribution is 2.31. The minimum Gasteiger partial charge on any atom is -0.466 e. The fraction of sp³-hybridized carbons (Fsp3) is 0.188. The Morgan fingerprint density at radius 3 is 2.67 bits per heavy atom. The zero-order valence-corrected chi connectivity index (χ0v) is 13.9. The summed E-state index contributed by atoms with van der Waals surface area (Å²) >= 11 is 1.36. The van der Waals surface area contributed by atoms with Gasteiger partial charge < -0.3 is 19.9 Å². The summed E-state index contributed by atoms with van der Waals surface area (Å²) in [5, 5.41) is 14.4. The molecule has 24 heavy (non-hydrogen) atoms. The van der Waals surface area contributed by atoms with Gasteiger partial charge in [-0.15, -0.1) is 11.3 Å². The number of anilines is 1. The second-order valence-corrected chi connectivity index (χ2v) is 5.40. The summed E-state index contributed by atoms with van der Waals surface area (Å²) in [7, 11) is 2.43. The number of methoxy groups -OCH3 is 2. The molecule has 0 amide bonds. The first kappa shape index (κ1) is 17.6. The lowest BCUT2D eigenvalue weighted by Gasteiger charge is -2.12. The first-order chi connectivity index (χ1) is 11.6. The highest BCUT2D eigenvalue weighted by atomic mass is 32.1. The summed E-state index contributed by atoms with van der Waals surface area (Å²) in [6.45, 7) is -0.151. The van der Waals surface area contributed by atoms with Crippen LogP contribution >= 0.6 is 11.3 Å². The number of esters is 2. The highest BCUT2D eigenvalue weighted by molar-refractivity contribution is 7.13. The standard InChI is InChI=1S/C16H16N2O5S/c1-22-14(20)7-13(16(21)23-2)18-12-6-4-3-5-11(12)15-17-10(8-19)9-24-15/h3-7,9,18-19H,8H2,1-2H3/b13-7+. The number of rotatable bonds is 6. The zero-order chi connectivity index (χ0) is 17.5. The van der Waals surface area contributed by atoms with Gasteiger partial charge in [0.1, 0.15) is 10.7 Å². The number of hydrogen-bond acceptors (Lipinski definition) is 8. The van der Waals surface area contributed by atoms with Crippen LogP contribution in [0.3, 0.4) is 0 Å². The van der Waals surface area contributed by atoms with E-state index in [0.717, 1.165) is 11.6 Å². The molecule has 7 nitrogen and oxygen atoms in total. The SMILES string of the molecule is COC(=O)/C=C(/Nc1ccccc1-c1nc(CO)cs1)C(=O)OC. The largest absolute Gasteiger partial charge is 0.466 e. The monoisotopic (exact) mass is 348 g/mol. The Kier molecular flexibility index (Phi) is 6.05. The van der Waals surface area contributed by atoms with Crippen molar-refractivity contribution in [3.8, 4) is 10.6 Å². The molecule has 0 aliphatic rings. The third kappa shape index (κ3) is 4.18. The van der Waals surface area contributed by atoms with Crippen LogP contribution in [0.5, 0.6) is 0 Å². The number of aliphatic hydroxyl groups excluding tert-OH is 1. The number of carbonyl (C=O) groups excluding carboxylic acids is 2. The van der Waals surface area contributed by atoms with E-state index in [1.807, 2.05) is 12.1 Å². The van der Waals surface area contributed by atoms with Gasteiger partial charge in [-0.2, -0.15) is 0 Å². The van der Waals surface area contributed by atoms with Crippen molar-refractivity contribution in [3.63, 3.8) is 0 Å². The van der Waals surface area contributed by atoms with Gasteiger partial charge in [-0.3, -0.25) is 0 Å². The van der Waals surface area contributed by atoms with E-state index >= 15 is 0 Å². The van der Waals surface area contributed by atoms with Crippen LogP contribution in [0, 0.1) is 0 Å². The molecule has 0 fully saturated rings. The molecule has 2 rings (SSSR count). The lowest BCUT2D eigenvalue weighted by Crippen LogP contribution is -2.15. The molecule has 8 heteroatoms. The molecule has 0 saturated heterocycles. The number of aliphatic hydroxyl groups is 1. The Bertz CT molecular complexity index is 769. The Morgan fingerprint density at radius 2 is 2.04 bits per heavy atom. The number of nitrogens with one attached hydrogen (secondary N) is 1. The minimum atomic E-state index is -0.703. The molecular formula is C16H16N2O5S. The third-order valence-electron chi connectivity index (χ3n) is 3.01. The first-order valence-corrected chi connectivity index (χ1v) is 7.76. The minimum absolute atomic E-state index is 0.0595. The molecule has 0 aliphatic heterocycles. The first-order valence-electron chi connectivity index (χ1n) is 6.88. The lowest BCUT2D eigenvalue weighted by molar-refractivity contribution is -0.138. The summed E-state index contributed by atoms with van der Waals surface area (Å²) in [6, 6.07) is 7.15. The molecule has 0 unspecified atom stereocenters. The third-order valence-corrected chi connectivity index (χ3v) is 3.93. The lowest BCUT2D eigenvalue weighted by atomic mass is 10.1. The van der Waals surface area contributed by atoms with Crippen LogP contribution in [0.4, 0.5) is 5.69 Å². The van der Waals surface area contributed by atoms with Crippen molar-refractivity contribution in [1.82, 2.24) is 4.98 Å². The van der Waals surface area contributed by atoms with Gasteiger partial charge in [-0.1, -0.05) is 12.1 Å². The maximum Gasteiger partial charge on any atom is 0.354 e. The van der Waals surface area contributed by atoms with Crippen LogP contribution in [-0.2, 0) is 25.7 Å². The van der Waals surface area contributed by atoms with Gasteiger partial charge in [0.05, 0.1) is 32.6 Å². The van der Waals surface area contributed by atoms with Crippen LogP contribution in [0.15, 0.2) is 41.4 Å². The van der Waals surface area contributed by atoms with Gasteiger partial charge in [-0.05, 0) is 12.1 Å². The Hall–Kier alpha value is -2.71. The van der Waals surface area contributed by atoms with Crippen molar-refractivity contribution in [1.29, 1.82) is 0 Å². The van der Waals surface area contributed by atoms with E-state index in [-0.39, 0.29) is 12.3 Å². The molecule has 0 bridgehead atoms. The second-order valence-electron chi connectivity index (χ2n) is 4.55. The molecule has 1 heterocycles. The fourth-order valence-corrected chi connectivity index (χ4v) is 2.71. The van der Waals surface area contributed by atoms with Gasteiger partial charge in [-0.25, -0.2) is 14.6 Å². The second kappa shape index (κ2) is 8.23. The predicted molar refractivity (Wildman–Crippen MR) is 89.2 cm³/mol. The number of aromatic nitrogens is 1. The Labute approximate surface area is 142 Å². The van der Waals surface area contributed by atoms with Crippen LogP contribution < -0.4 is 5.32 Å². The molecule has 0 aliphatic carbocycles. The smallest absolute Gasteiger partial charge is 0.354 e. The van der Waals surface area contributed by atoms with Crippen molar-refractivity contribution in [2.24, 2.45) is 0 Å². The predicted octanol–water partition coefficient (Wildman–Crippen LogP) is 1.94. The van der Waals surface area contributed by atoms with E-state index in [9.17, 15) is 9.59 Å². The van der Waals surface area contributed by atoms with Gasteiger partial charge in [0, 0.05) is 16.6 Å². The normalized spacial score (nSPS) is 11.0. The Morgan fingerprint density at radius 1 is 1.29 bits per heavy atom. The molecule has 2 N–H and O–H groups in total. The van der Waals surface area contributed by atoms with E-state index in [0.29, 0.717) is 16.4 Å². The molecule has 1 aromatic heterocycles. The zero-order valence-electron chi connectivity index (χ0n) is 13.1. The van der Waals surface area contributed by atoms with Gasteiger partial charge >= 0.3 is 11.9 Å². The molecular weight excluding hydrogens is 332 g/mol. The molecule has 0 atom stereocenters. The van der Waals surface area contributed by atoms with E-state index in [1.165, 1.54) is 25.6 Å². The van der Waals surface area contributed by atoms with Gasteiger partial charge in [0.25, 0.3) is 0 Å². The number of ether oxygens (including phenoxy) is 2. The van der Waals surface area contributed by atoms with Crippen molar-refractivity contribution in [2.45, 2.75) is 6.61 Å². The van der Waals surface area contributed by atoms with E-state index < -0.39 is 11.9 Å². The van der Waals surface area contributed by atoms with Gasteiger partial charge in [0.2, 0.25) is 0 Å². The quantitative estimate of drug-likeness (QED) is 0.608. The van der Waals surface area contributed by atoms with Crippen LogP contribution in [-0.4, -0.2) is 36.2 Å². The van der Waals surface area contributed by atoms with E-state index in [2.05, 4.69) is 19.8 Å². The van der Waals surface area contributed by atoms with Crippen molar-refractivity contribution >= 4 is 29.0 Å². The molecule has 0 saturated carbocycles. The summed E-state index contributed by atoms with van der Waals surface area (Å²) in [4.78, 5) is 27.6. The maximum absolute atomic E-state index is 11.9. The van der Waals surface area contributed by atoms with Crippen molar-refractivity contribution in [3.05, 3.63) is 47.1 Å². The number of nitrogens with zero attached hydrogens (tertiary/aromatic N) is 1. The molecule has 0 radical (unpaired) electrons. The fourth-order valence-electron chi connectivity index (χ4n) is 1.86. The van der Waals surface area contributed by atoms with E-state index in [1.54, 1.807) is 17.5 Å². The summed E-state index contributed by atoms with van der Waals surface area (Å²) in [5.41, 5.74) is 1.79. The molecule has 2 aromatic rings. The summed E-state index contributed by atoms with van der Waals surface area (Å²) in [6.07, 6.45) is 1.02. The van der Waals surface area contributed by atoms with Crippen LogP contribution in [0.1, 0.15) is 5.69 Å². The Balaban J connectivity index is 2.39. The average Bonchev–Trinajstić information content (AvgIpc) is 3.09. The average molecular weight is 348 g/mol. The van der Waals surface area contributed by atoms with E-state index in [4.69, 9.17) is 5.11 Å². The highest BCUT2D eigenvalue weighted by Gasteiger charge is 2.16. The number of carbonyl (C=O) groups is 2. The number of thiazole rings is 1. The summed E-state index contributed by atoms with van der Waals surface area (Å²) < 4.78 is 9.22. The molecule has 0 spiro atoms. The topological polar surface area (TPSA) is 97.8 Å².